The summed E-state index contributed by atoms with van der Waals surface area (Å²) in [4.78, 5) is 16.1. The van der Waals surface area contributed by atoms with Crippen molar-refractivity contribution in [2.45, 2.75) is 24.7 Å². The number of hydrogen-bond acceptors (Lipinski definition) is 4. The minimum atomic E-state index is -0.476. The van der Waals surface area contributed by atoms with Gasteiger partial charge in [0.2, 0.25) is 0 Å². The van der Waals surface area contributed by atoms with Gasteiger partial charge in [0.05, 0.1) is 5.41 Å². The van der Waals surface area contributed by atoms with E-state index in [0.29, 0.717) is 17.5 Å². The van der Waals surface area contributed by atoms with Crippen molar-refractivity contribution in [2.75, 3.05) is 0 Å². The molecule has 0 unspecified atom stereocenters. The van der Waals surface area contributed by atoms with Crippen molar-refractivity contribution in [1.29, 1.82) is 0 Å². The zero-order chi connectivity index (χ0) is 44.4. The molecular formula is C63H41N3O. The van der Waals surface area contributed by atoms with Gasteiger partial charge in [0, 0.05) is 38.4 Å². The third kappa shape index (κ3) is 5.32. The maximum Gasteiger partial charge on any atom is 0.164 e. The number of para-hydroxylation sites is 1. The molecule has 12 aromatic rings. The Morgan fingerprint density at radius 3 is 1.72 bits per heavy atom. The minimum Gasteiger partial charge on any atom is -0.455 e. The Morgan fingerprint density at radius 2 is 0.955 bits per heavy atom. The second-order valence-corrected chi connectivity index (χ2v) is 18.6. The van der Waals surface area contributed by atoms with E-state index in [-0.39, 0.29) is 5.41 Å². The largest absolute Gasteiger partial charge is 0.455 e. The van der Waals surface area contributed by atoms with E-state index in [1.807, 2.05) is 24.3 Å². The molecule has 0 N–H and O–H groups in total. The molecule has 0 spiro atoms. The SMILES string of the molecule is CC1(C)c2ccccc2-c2c1cc(-c1nc(-c3ccccc3)nc(-c3ccc4ccc5cc6c(cc5c4c3)-c3ccccc3C6(c3ccccc3)c3ccccc3)n1)c1c2oc2ccccc21. The topological polar surface area (TPSA) is 51.8 Å². The zero-order valence-corrected chi connectivity index (χ0v) is 37.0. The first-order chi connectivity index (χ1) is 33.0. The summed E-state index contributed by atoms with van der Waals surface area (Å²) in [7, 11) is 0. The predicted octanol–water partition coefficient (Wildman–Crippen LogP) is 15.7. The van der Waals surface area contributed by atoms with Crippen molar-refractivity contribution in [1.82, 2.24) is 15.0 Å². The lowest BCUT2D eigenvalue weighted by molar-refractivity contribution is 0.653. The van der Waals surface area contributed by atoms with E-state index < -0.39 is 5.41 Å². The Kier molecular flexibility index (Phi) is 7.92. The third-order valence-corrected chi connectivity index (χ3v) is 14.8. The van der Waals surface area contributed by atoms with Gasteiger partial charge in [-0.3, -0.25) is 0 Å². The van der Waals surface area contributed by atoms with E-state index in [2.05, 4.69) is 202 Å². The summed E-state index contributed by atoms with van der Waals surface area (Å²) < 4.78 is 6.87. The van der Waals surface area contributed by atoms with E-state index in [9.17, 15) is 0 Å². The second-order valence-electron chi connectivity index (χ2n) is 18.6. The van der Waals surface area contributed by atoms with Gasteiger partial charge in [-0.15, -0.1) is 0 Å². The first kappa shape index (κ1) is 37.9. The van der Waals surface area contributed by atoms with Crippen LogP contribution in [0.15, 0.2) is 217 Å². The molecule has 0 atom stereocenters. The molecule has 2 heterocycles. The van der Waals surface area contributed by atoms with Gasteiger partial charge in [-0.1, -0.05) is 196 Å². The standard InChI is InChI=1S/C63H41N3O/c1-62(2)51-27-15-13-25-45(51)57-54(62)37-50(56-46-26-14-17-29-55(46)67-58(56)57)61-65-59(39-18-6-3-7-19-39)64-60(66-61)41-33-31-38-30-32-40-35-53-49(36-48(40)47(38)34-41)44-24-12-16-28-52(44)63(53,42-20-8-4-9-21-42)43-22-10-5-11-23-43/h3-37H,1-2H3. The Balaban J connectivity index is 1.01. The van der Waals surface area contributed by atoms with Crippen LogP contribution < -0.4 is 0 Å². The van der Waals surface area contributed by atoms with Crippen molar-refractivity contribution < 1.29 is 4.42 Å². The molecule has 0 bridgehead atoms. The normalized spacial score (nSPS) is 14.1. The first-order valence-corrected chi connectivity index (χ1v) is 23.1. The third-order valence-electron chi connectivity index (χ3n) is 14.8. The summed E-state index contributed by atoms with van der Waals surface area (Å²) >= 11 is 0. The first-order valence-electron chi connectivity index (χ1n) is 23.1. The zero-order valence-electron chi connectivity index (χ0n) is 37.0. The summed E-state index contributed by atoms with van der Waals surface area (Å²) in [6.07, 6.45) is 0. The number of fused-ring (bicyclic) bond motifs is 13. The fraction of sp³-hybridized carbons (Fsp3) is 0.0635. The van der Waals surface area contributed by atoms with Gasteiger partial charge in [-0.2, -0.15) is 0 Å². The Labute approximate surface area is 387 Å². The summed E-state index contributed by atoms with van der Waals surface area (Å²) in [6, 6.07) is 76.7. The van der Waals surface area contributed by atoms with Crippen LogP contribution in [-0.2, 0) is 10.8 Å². The minimum absolute atomic E-state index is 0.270. The Morgan fingerprint density at radius 1 is 0.373 bits per heavy atom. The molecule has 67 heavy (non-hydrogen) atoms. The maximum atomic E-state index is 6.87. The summed E-state index contributed by atoms with van der Waals surface area (Å²) in [6.45, 7) is 4.61. The highest BCUT2D eigenvalue weighted by molar-refractivity contribution is 6.18. The molecule has 0 fully saturated rings. The van der Waals surface area contributed by atoms with E-state index in [1.165, 1.54) is 60.8 Å². The lowest BCUT2D eigenvalue weighted by Crippen LogP contribution is -2.28. The van der Waals surface area contributed by atoms with E-state index in [4.69, 9.17) is 19.4 Å². The van der Waals surface area contributed by atoms with E-state index in [1.54, 1.807) is 0 Å². The van der Waals surface area contributed by atoms with Crippen molar-refractivity contribution in [3.63, 3.8) is 0 Å². The quantitative estimate of drug-likeness (QED) is 0.162. The van der Waals surface area contributed by atoms with Crippen LogP contribution in [0.25, 0.3) is 99.9 Å². The average molecular weight is 856 g/mol. The number of benzene rings is 10. The molecule has 14 rings (SSSR count). The van der Waals surface area contributed by atoms with Crippen LogP contribution in [0.2, 0.25) is 0 Å². The Bertz CT molecular complexity index is 3960. The van der Waals surface area contributed by atoms with Crippen LogP contribution in [0.1, 0.15) is 47.2 Å². The molecule has 10 aromatic carbocycles. The smallest absolute Gasteiger partial charge is 0.164 e. The van der Waals surface area contributed by atoms with Crippen LogP contribution in [0.5, 0.6) is 0 Å². The molecule has 314 valence electrons. The lowest BCUT2D eigenvalue weighted by Gasteiger charge is -2.34. The van der Waals surface area contributed by atoms with Crippen LogP contribution in [-0.4, -0.2) is 15.0 Å². The van der Waals surface area contributed by atoms with Crippen LogP contribution >= 0.6 is 0 Å². The van der Waals surface area contributed by atoms with E-state index >= 15 is 0 Å². The predicted molar refractivity (Wildman–Crippen MR) is 273 cm³/mol. The molecule has 0 saturated carbocycles. The number of hydrogen-bond donors (Lipinski definition) is 0. The fourth-order valence-electron chi connectivity index (χ4n) is 11.7. The van der Waals surface area contributed by atoms with E-state index in [0.717, 1.165) is 55.0 Å². The van der Waals surface area contributed by atoms with Crippen LogP contribution in [0, 0.1) is 0 Å². The van der Waals surface area contributed by atoms with Crippen LogP contribution in [0.4, 0.5) is 0 Å². The number of rotatable bonds is 5. The number of nitrogens with zero attached hydrogens (tertiary/aromatic N) is 3. The monoisotopic (exact) mass is 855 g/mol. The highest BCUT2D eigenvalue weighted by atomic mass is 16.3. The van der Waals surface area contributed by atoms with Gasteiger partial charge in [0.15, 0.2) is 17.5 Å². The molecule has 0 radical (unpaired) electrons. The number of furan rings is 1. The van der Waals surface area contributed by atoms with Gasteiger partial charge in [-0.05, 0) is 102 Å². The van der Waals surface area contributed by atoms with Gasteiger partial charge in [0.1, 0.15) is 11.2 Å². The van der Waals surface area contributed by atoms with Gasteiger partial charge in [-0.25, -0.2) is 15.0 Å². The molecule has 0 aliphatic heterocycles. The molecule has 2 aliphatic carbocycles. The Hall–Kier alpha value is -8.47. The van der Waals surface area contributed by atoms with Crippen molar-refractivity contribution in [3.05, 3.63) is 246 Å². The molecule has 4 nitrogen and oxygen atoms in total. The molecule has 0 amide bonds. The van der Waals surface area contributed by atoms with Gasteiger partial charge in [0.25, 0.3) is 0 Å². The van der Waals surface area contributed by atoms with Crippen molar-refractivity contribution in [2.24, 2.45) is 0 Å². The number of aromatic nitrogens is 3. The average Bonchev–Trinajstić information content (AvgIpc) is 4.00. The maximum absolute atomic E-state index is 6.87. The second kappa shape index (κ2) is 14.0. The molecule has 0 saturated heterocycles. The molecule has 4 heteroatoms. The van der Waals surface area contributed by atoms with Crippen molar-refractivity contribution >= 4 is 43.5 Å². The fourth-order valence-corrected chi connectivity index (χ4v) is 11.7. The molecule has 2 aliphatic rings. The summed E-state index contributed by atoms with van der Waals surface area (Å²) in [5, 5.41) is 6.73. The lowest BCUT2D eigenvalue weighted by atomic mass is 9.67. The summed E-state index contributed by atoms with van der Waals surface area (Å²) in [5.74, 6) is 1.85. The molecular weight excluding hydrogens is 815 g/mol. The highest BCUT2D eigenvalue weighted by Gasteiger charge is 2.46. The van der Waals surface area contributed by atoms with Crippen LogP contribution in [0.3, 0.4) is 0 Å². The molecule has 2 aromatic heterocycles. The van der Waals surface area contributed by atoms with Gasteiger partial charge < -0.3 is 4.42 Å². The highest BCUT2D eigenvalue weighted by Crippen LogP contribution is 2.58. The van der Waals surface area contributed by atoms with Crippen molar-refractivity contribution in [3.8, 4) is 56.4 Å². The summed E-state index contributed by atoms with van der Waals surface area (Å²) in [5.41, 5.74) is 16.2. The van der Waals surface area contributed by atoms with Gasteiger partial charge >= 0.3 is 0 Å².